The van der Waals surface area contributed by atoms with Gasteiger partial charge in [0.15, 0.2) is 5.96 Å². The predicted molar refractivity (Wildman–Crippen MR) is 122 cm³/mol. The molecule has 1 unspecified atom stereocenters. The van der Waals surface area contributed by atoms with E-state index in [0.717, 1.165) is 19.5 Å². The molecule has 1 aromatic carbocycles. The fourth-order valence-electron chi connectivity index (χ4n) is 3.25. The highest BCUT2D eigenvalue weighted by Gasteiger charge is 2.25. The Morgan fingerprint density at radius 3 is 2.69 bits per heavy atom. The third-order valence-electron chi connectivity index (χ3n) is 4.40. The van der Waals surface area contributed by atoms with Gasteiger partial charge in [0.05, 0.1) is 12.6 Å². The zero-order chi connectivity index (χ0) is 17.9. The Labute approximate surface area is 177 Å². The number of thiophene rings is 1. The molecular weight excluding hydrogens is 455 g/mol. The minimum absolute atomic E-state index is 0. The summed E-state index contributed by atoms with van der Waals surface area (Å²) in [6.07, 6.45) is 1.12. The van der Waals surface area contributed by atoms with E-state index in [-0.39, 0.29) is 35.6 Å². The minimum Gasteiger partial charge on any atom is -0.370 e. The van der Waals surface area contributed by atoms with Crippen LogP contribution in [0.3, 0.4) is 0 Å². The predicted octanol–water partition coefficient (Wildman–Crippen LogP) is 4.17. The lowest BCUT2D eigenvalue weighted by atomic mass is 10.0. The maximum atomic E-state index is 6.10. The number of halogens is 1. The number of hydrogen-bond donors (Lipinski definition) is 2. The molecular formula is C20H29IN4S. The van der Waals surface area contributed by atoms with Crippen LogP contribution in [0.1, 0.15) is 42.8 Å². The molecule has 0 fully saturated rings. The first-order valence-electron chi connectivity index (χ1n) is 8.85. The van der Waals surface area contributed by atoms with Gasteiger partial charge >= 0.3 is 0 Å². The summed E-state index contributed by atoms with van der Waals surface area (Å²) in [5.41, 5.74) is 8.78. The fourth-order valence-corrected chi connectivity index (χ4v) is 4.14. The minimum atomic E-state index is -0.0769. The van der Waals surface area contributed by atoms with Crippen molar-refractivity contribution in [2.24, 2.45) is 10.7 Å². The van der Waals surface area contributed by atoms with Crippen molar-refractivity contribution < 1.29 is 0 Å². The Balaban J connectivity index is 0.00000243. The normalized spacial score (nSPS) is 16.5. The summed E-state index contributed by atoms with van der Waals surface area (Å²) < 4.78 is 0. The van der Waals surface area contributed by atoms with Crippen LogP contribution >= 0.6 is 35.3 Å². The Bertz CT molecular complexity index is 721. The van der Waals surface area contributed by atoms with E-state index < -0.39 is 0 Å². The van der Waals surface area contributed by atoms with Crippen LogP contribution in [0.5, 0.6) is 0 Å². The second-order valence-corrected chi connectivity index (χ2v) is 8.62. The number of fused-ring (bicyclic) bond motifs is 1. The van der Waals surface area contributed by atoms with Crippen LogP contribution in [0.25, 0.3) is 0 Å². The molecule has 26 heavy (non-hydrogen) atoms. The van der Waals surface area contributed by atoms with Gasteiger partial charge in [-0.15, -0.1) is 35.3 Å². The second kappa shape index (κ2) is 9.19. The zero-order valence-corrected chi connectivity index (χ0v) is 18.9. The quantitative estimate of drug-likeness (QED) is 0.389. The van der Waals surface area contributed by atoms with Crippen LogP contribution in [0.2, 0.25) is 0 Å². The van der Waals surface area contributed by atoms with Crippen LogP contribution in [0, 0.1) is 0 Å². The van der Waals surface area contributed by atoms with Crippen molar-refractivity contribution in [3.05, 3.63) is 57.8 Å². The number of hydrogen-bond acceptors (Lipinski definition) is 3. The summed E-state index contributed by atoms with van der Waals surface area (Å²) >= 11 is 1.88. The highest BCUT2D eigenvalue weighted by atomic mass is 127. The average Bonchev–Trinajstić information content (AvgIpc) is 3.02. The number of rotatable bonds is 4. The molecule has 1 atom stereocenters. The summed E-state index contributed by atoms with van der Waals surface area (Å²) in [6, 6.07) is 13.1. The van der Waals surface area contributed by atoms with Gasteiger partial charge in [-0.05, 0) is 49.8 Å². The summed E-state index contributed by atoms with van der Waals surface area (Å²) in [5, 5.41) is 5.45. The topological polar surface area (TPSA) is 53.6 Å². The highest BCUT2D eigenvalue weighted by Crippen LogP contribution is 2.30. The van der Waals surface area contributed by atoms with Crippen LogP contribution in [-0.4, -0.2) is 29.5 Å². The average molecular weight is 484 g/mol. The Kier molecular flexibility index (Phi) is 7.49. The number of nitrogens with two attached hydrogens (primary N) is 1. The maximum absolute atomic E-state index is 6.10. The van der Waals surface area contributed by atoms with Crippen LogP contribution in [0.15, 0.2) is 46.8 Å². The van der Waals surface area contributed by atoms with E-state index in [1.807, 2.05) is 11.3 Å². The molecule has 0 saturated heterocycles. The number of aliphatic imine (C=N–C) groups is 1. The Hall–Kier alpha value is -1.12. The summed E-state index contributed by atoms with van der Waals surface area (Å²) in [7, 11) is 0. The largest absolute Gasteiger partial charge is 0.370 e. The lowest BCUT2D eigenvalue weighted by Gasteiger charge is -2.34. The molecule has 1 aromatic heterocycles. The van der Waals surface area contributed by atoms with Gasteiger partial charge in [0.2, 0.25) is 0 Å². The van der Waals surface area contributed by atoms with Crippen molar-refractivity contribution in [2.75, 3.05) is 13.1 Å². The van der Waals surface area contributed by atoms with Crippen molar-refractivity contribution in [1.29, 1.82) is 0 Å². The molecule has 2 aromatic rings. The molecule has 4 nitrogen and oxygen atoms in total. The Morgan fingerprint density at radius 2 is 2.00 bits per heavy atom. The molecule has 1 aliphatic rings. The lowest BCUT2D eigenvalue weighted by molar-refractivity contribution is 0.185. The zero-order valence-electron chi connectivity index (χ0n) is 15.7. The van der Waals surface area contributed by atoms with Gasteiger partial charge in [-0.3, -0.25) is 9.89 Å². The number of benzene rings is 1. The van der Waals surface area contributed by atoms with Gasteiger partial charge < -0.3 is 11.1 Å². The molecule has 1 aliphatic heterocycles. The number of nitrogens with one attached hydrogen (secondary N) is 1. The highest BCUT2D eigenvalue weighted by molar-refractivity contribution is 14.0. The lowest BCUT2D eigenvalue weighted by Crippen LogP contribution is -2.45. The van der Waals surface area contributed by atoms with E-state index in [9.17, 15) is 0 Å². The smallest absolute Gasteiger partial charge is 0.189 e. The second-order valence-electron chi connectivity index (χ2n) is 7.62. The van der Waals surface area contributed by atoms with E-state index in [4.69, 9.17) is 5.73 Å². The molecule has 142 valence electrons. The molecule has 6 heteroatoms. The first-order chi connectivity index (χ1) is 11.9. The SMILES string of the molecule is CC(C)(C)NC(N)=NCC(c1ccccc1)N1CCc2sccc2C1.I. The summed E-state index contributed by atoms with van der Waals surface area (Å²) in [6.45, 7) is 8.99. The van der Waals surface area contributed by atoms with Gasteiger partial charge in [0.25, 0.3) is 0 Å². The van der Waals surface area contributed by atoms with Crippen molar-refractivity contribution in [2.45, 2.75) is 45.3 Å². The third kappa shape index (κ3) is 5.69. The number of guanidine groups is 1. The van der Waals surface area contributed by atoms with Crippen LogP contribution in [0.4, 0.5) is 0 Å². The van der Waals surface area contributed by atoms with Gasteiger partial charge in [-0.2, -0.15) is 0 Å². The van der Waals surface area contributed by atoms with E-state index in [0.29, 0.717) is 12.5 Å². The molecule has 3 rings (SSSR count). The molecule has 0 radical (unpaired) electrons. The standard InChI is InChI=1S/C20H28N4S.HI/c1-20(2,3)23-19(21)22-13-17(15-7-5-4-6-8-15)24-11-9-18-16(14-24)10-12-25-18;/h4-8,10,12,17H,9,11,13-14H2,1-3H3,(H3,21,22,23);1H. The first-order valence-corrected chi connectivity index (χ1v) is 9.73. The number of nitrogens with zero attached hydrogens (tertiary/aromatic N) is 2. The molecule has 0 bridgehead atoms. The van der Waals surface area contributed by atoms with Crippen LogP contribution in [-0.2, 0) is 13.0 Å². The molecule has 0 spiro atoms. The van der Waals surface area contributed by atoms with Crippen molar-refractivity contribution in [3.63, 3.8) is 0 Å². The van der Waals surface area contributed by atoms with E-state index >= 15 is 0 Å². The molecule has 2 heterocycles. The van der Waals surface area contributed by atoms with Crippen molar-refractivity contribution in [1.82, 2.24) is 10.2 Å². The molecule has 0 aliphatic carbocycles. The Morgan fingerprint density at radius 1 is 1.27 bits per heavy atom. The fraction of sp³-hybridized carbons (Fsp3) is 0.450. The monoisotopic (exact) mass is 484 g/mol. The van der Waals surface area contributed by atoms with E-state index in [2.05, 4.69) is 77.8 Å². The third-order valence-corrected chi connectivity index (χ3v) is 5.42. The molecule has 0 amide bonds. The van der Waals surface area contributed by atoms with E-state index in [1.54, 1.807) is 0 Å². The van der Waals surface area contributed by atoms with Gasteiger partial charge in [-0.25, -0.2) is 0 Å². The molecule has 3 N–H and O–H groups in total. The van der Waals surface area contributed by atoms with Crippen LogP contribution < -0.4 is 11.1 Å². The summed E-state index contributed by atoms with van der Waals surface area (Å²) in [4.78, 5) is 8.70. The maximum Gasteiger partial charge on any atom is 0.189 e. The van der Waals surface area contributed by atoms with Gasteiger partial charge in [0, 0.05) is 23.5 Å². The van der Waals surface area contributed by atoms with Crippen molar-refractivity contribution in [3.8, 4) is 0 Å². The molecule has 0 saturated carbocycles. The van der Waals surface area contributed by atoms with Gasteiger partial charge in [0.1, 0.15) is 0 Å². The summed E-state index contributed by atoms with van der Waals surface area (Å²) in [5.74, 6) is 0.515. The first kappa shape index (κ1) is 21.2. The van der Waals surface area contributed by atoms with Gasteiger partial charge in [-0.1, -0.05) is 30.3 Å². The van der Waals surface area contributed by atoms with E-state index in [1.165, 1.54) is 16.0 Å². The van der Waals surface area contributed by atoms with Crippen molar-refractivity contribution >= 4 is 41.3 Å².